The molecule has 0 aliphatic carbocycles. The Hall–Kier alpha value is -1.35. The first-order valence-electron chi connectivity index (χ1n) is 6.84. The number of imidazole rings is 1. The summed E-state index contributed by atoms with van der Waals surface area (Å²) < 4.78 is 2.30. The Bertz CT molecular complexity index is 544. The molecular formula is C15H21N3. The molecule has 1 fully saturated rings. The van der Waals surface area contributed by atoms with Crippen molar-refractivity contribution < 1.29 is 0 Å². The van der Waals surface area contributed by atoms with E-state index in [0.29, 0.717) is 0 Å². The molecule has 0 N–H and O–H groups in total. The number of likely N-dealkylation sites (tertiary alicyclic amines) is 1. The van der Waals surface area contributed by atoms with Crippen LogP contribution in [0.2, 0.25) is 0 Å². The topological polar surface area (TPSA) is 20.5 Å². The number of hydrogen-bond acceptors (Lipinski definition) is 2. The third kappa shape index (κ3) is 2.15. The number of nitrogens with zero attached hydrogens (tertiary/aromatic N) is 3. The fourth-order valence-electron chi connectivity index (χ4n) is 3.13. The number of rotatable bonds is 2. The van der Waals surface area contributed by atoms with E-state index in [1.807, 2.05) is 6.20 Å². The van der Waals surface area contributed by atoms with Crippen LogP contribution in [0.5, 0.6) is 0 Å². The van der Waals surface area contributed by atoms with E-state index in [-0.39, 0.29) is 0 Å². The molecule has 0 saturated carbocycles. The molecule has 3 rings (SSSR count). The van der Waals surface area contributed by atoms with Gasteiger partial charge in [-0.1, -0.05) is 6.07 Å². The Labute approximate surface area is 108 Å². The second-order valence-electron chi connectivity index (χ2n) is 5.58. The van der Waals surface area contributed by atoms with E-state index in [1.54, 1.807) is 0 Å². The Kier molecular flexibility index (Phi) is 3.08. The van der Waals surface area contributed by atoms with Crippen molar-refractivity contribution in [2.45, 2.75) is 26.2 Å². The minimum absolute atomic E-state index is 0.758. The van der Waals surface area contributed by atoms with Crippen LogP contribution >= 0.6 is 0 Å². The van der Waals surface area contributed by atoms with Crippen LogP contribution in [0.15, 0.2) is 24.4 Å². The lowest BCUT2D eigenvalue weighted by Crippen LogP contribution is -2.33. The smallest absolute Gasteiger partial charge is 0.113 e. The monoisotopic (exact) mass is 243 g/mol. The first-order chi connectivity index (χ1) is 8.74. The minimum Gasteiger partial charge on any atom is -0.306 e. The van der Waals surface area contributed by atoms with E-state index in [4.69, 9.17) is 0 Å². The normalized spacial score (nSPS) is 21.6. The van der Waals surface area contributed by atoms with Crippen LogP contribution in [0.4, 0.5) is 0 Å². The summed E-state index contributed by atoms with van der Waals surface area (Å²) in [6.45, 7) is 4.61. The maximum atomic E-state index is 4.62. The van der Waals surface area contributed by atoms with Gasteiger partial charge in [0.15, 0.2) is 0 Å². The van der Waals surface area contributed by atoms with Gasteiger partial charge in [-0.15, -0.1) is 0 Å². The summed E-state index contributed by atoms with van der Waals surface area (Å²) in [5, 5.41) is 0. The highest BCUT2D eigenvalue weighted by molar-refractivity contribution is 5.47. The molecule has 3 heterocycles. The molecule has 0 bridgehead atoms. The number of piperidine rings is 1. The summed E-state index contributed by atoms with van der Waals surface area (Å²) in [6, 6.07) is 6.40. The third-order valence-corrected chi connectivity index (χ3v) is 4.01. The Balaban J connectivity index is 1.86. The summed E-state index contributed by atoms with van der Waals surface area (Å²) in [7, 11) is 2.22. The third-order valence-electron chi connectivity index (χ3n) is 4.01. The molecule has 1 atom stereocenters. The van der Waals surface area contributed by atoms with E-state index in [1.165, 1.54) is 43.0 Å². The second-order valence-corrected chi connectivity index (χ2v) is 5.58. The van der Waals surface area contributed by atoms with E-state index < -0.39 is 0 Å². The first kappa shape index (κ1) is 11.7. The van der Waals surface area contributed by atoms with Gasteiger partial charge < -0.3 is 9.30 Å². The Morgan fingerprint density at radius 3 is 3.11 bits per heavy atom. The number of hydrogen-bond donors (Lipinski definition) is 0. The van der Waals surface area contributed by atoms with Gasteiger partial charge in [-0.3, -0.25) is 0 Å². The average molecular weight is 243 g/mol. The maximum Gasteiger partial charge on any atom is 0.113 e. The van der Waals surface area contributed by atoms with Crippen LogP contribution in [-0.2, 0) is 6.42 Å². The molecule has 0 amide bonds. The van der Waals surface area contributed by atoms with Gasteiger partial charge in [-0.25, -0.2) is 4.98 Å². The van der Waals surface area contributed by atoms with Crippen molar-refractivity contribution in [3.63, 3.8) is 0 Å². The Morgan fingerprint density at radius 2 is 2.28 bits per heavy atom. The van der Waals surface area contributed by atoms with Gasteiger partial charge in [0, 0.05) is 18.7 Å². The summed E-state index contributed by atoms with van der Waals surface area (Å²) >= 11 is 0. The molecule has 1 aliphatic heterocycles. The van der Waals surface area contributed by atoms with Crippen LogP contribution in [0.25, 0.3) is 5.52 Å². The van der Waals surface area contributed by atoms with Crippen LogP contribution < -0.4 is 0 Å². The van der Waals surface area contributed by atoms with Gasteiger partial charge in [0.1, 0.15) is 5.82 Å². The van der Waals surface area contributed by atoms with E-state index >= 15 is 0 Å². The lowest BCUT2D eigenvalue weighted by molar-refractivity contribution is 0.207. The van der Waals surface area contributed by atoms with Gasteiger partial charge in [-0.2, -0.15) is 0 Å². The van der Waals surface area contributed by atoms with Crippen molar-refractivity contribution >= 4 is 5.52 Å². The molecule has 2 aromatic heterocycles. The highest BCUT2D eigenvalue weighted by Crippen LogP contribution is 2.20. The minimum atomic E-state index is 0.758. The quantitative estimate of drug-likeness (QED) is 0.808. The molecule has 0 aromatic carbocycles. The average Bonchev–Trinajstić information content (AvgIpc) is 2.74. The Morgan fingerprint density at radius 1 is 1.39 bits per heavy atom. The first-order valence-corrected chi connectivity index (χ1v) is 6.84. The second kappa shape index (κ2) is 4.73. The number of fused-ring (bicyclic) bond motifs is 1. The van der Waals surface area contributed by atoms with Gasteiger partial charge in [0.25, 0.3) is 0 Å². The zero-order valence-electron chi connectivity index (χ0n) is 11.3. The van der Waals surface area contributed by atoms with Gasteiger partial charge in [0.05, 0.1) is 11.7 Å². The molecule has 96 valence electrons. The van der Waals surface area contributed by atoms with Crippen molar-refractivity contribution in [1.29, 1.82) is 0 Å². The lowest BCUT2D eigenvalue weighted by atomic mass is 9.95. The van der Waals surface area contributed by atoms with Gasteiger partial charge in [-0.05, 0) is 51.4 Å². The van der Waals surface area contributed by atoms with Crippen LogP contribution in [0.3, 0.4) is 0 Å². The highest BCUT2D eigenvalue weighted by Gasteiger charge is 2.19. The van der Waals surface area contributed by atoms with Crippen molar-refractivity contribution in [2.24, 2.45) is 5.92 Å². The molecule has 18 heavy (non-hydrogen) atoms. The number of pyridine rings is 1. The zero-order valence-corrected chi connectivity index (χ0v) is 11.3. The van der Waals surface area contributed by atoms with Gasteiger partial charge >= 0.3 is 0 Å². The molecule has 1 saturated heterocycles. The van der Waals surface area contributed by atoms with Crippen molar-refractivity contribution in [3.05, 3.63) is 35.9 Å². The lowest BCUT2D eigenvalue weighted by Gasteiger charge is -2.29. The largest absolute Gasteiger partial charge is 0.306 e. The molecule has 3 heteroatoms. The summed E-state index contributed by atoms with van der Waals surface area (Å²) in [5.74, 6) is 1.98. The number of aryl methyl sites for hydroxylation is 1. The zero-order chi connectivity index (χ0) is 12.5. The number of aromatic nitrogens is 2. The van der Waals surface area contributed by atoms with E-state index in [9.17, 15) is 0 Å². The molecule has 1 unspecified atom stereocenters. The summed E-state index contributed by atoms with van der Waals surface area (Å²) in [6.07, 6.45) is 5.76. The molecule has 1 aliphatic rings. The van der Waals surface area contributed by atoms with E-state index in [0.717, 1.165) is 12.3 Å². The molecule has 2 aromatic rings. The maximum absolute atomic E-state index is 4.62. The highest BCUT2D eigenvalue weighted by atomic mass is 15.1. The summed E-state index contributed by atoms with van der Waals surface area (Å²) in [5.41, 5.74) is 2.50. The molecule has 0 spiro atoms. The SMILES string of the molecule is Cc1cccc2cnc(CC3CCCN(C)C3)n12. The van der Waals surface area contributed by atoms with Crippen molar-refractivity contribution in [2.75, 3.05) is 20.1 Å². The fraction of sp³-hybridized carbons (Fsp3) is 0.533. The molecule has 0 radical (unpaired) electrons. The van der Waals surface area contributed by atoms with Crippen LogP contribution in [0.1, 0.15) is 24.4 Å². The van der Waals surface area contributed by atoms with Crippen molar-refractivity contribution in [3.8, 4) is 0 Å². The fourth-order valence-corrected chi connectivity index (χ4v) is 3.13. The van der Waals surface area contributed by atoms with Crippen molar-refractivity contribution in [1.82, 2.24) is 14.3 Å². The predicted octanol–water partition coefficient (Wildman–Crippen LogP) is 2.53. The summed E-state index contributed by atoms with van der Waals surface area (Å²) in [4.78, 5) is 7.06. The molecule has 3 nitrogen and oxygen atoms in total. The molecular weight excluding hydrogens is 222 g/mol. The predicted molar refractivity (Wildman–Crippen MR) is 73.9 cm³/mol. The van der Waals surface area contributed by atoms with E-state index in [2.05, 4.69) is 46.5 Å². The van der Waals surface area contributed by atoms with Crippen LogP contribution in [-0.4, -0.2) is 34.4 Å². The van der Waals surface area contributed by atoms with Gasteiger partial charge in [0.2, 0.25) is 0 Å². The standard InChI is InChI=1S/C15H21N3/c1-12-5-3-7-14-10-16-15(18(12)14)9-13-6-4-8-17(2)11-13/h3,5,7,10,13H,4,6,8-9,11H2,1-2H3. The van der Waals surface area contributed by atoms with Crippen LogP contribution in [0, 0.1) is 12.8 Å².